The molecule has 1 aromatic carbocycles. The van der Waals surface area contributed by atoms with Crippen LogP contribution in [-0.4, -0.2) is 6.61 Å². The first-order valence-corrected chi connectivity index (χ1v) is 11.0. The highest BCUT2D eigenvalue weighted by Crippen LogP contribution is 2.29. The molecular weight excluding hydrogens is 318 g/mol. The number of nitrogen functional groups attached to an aromatic ring is 1. The zero-order valence-corrected chi connectivity index (χ0v) is 17.9. The molecule has 0 aromatic heterocycles. The molecule has 0 radical (unpaired) electrons. The van der Waals surface area contributed by atoms with E-state index in [1.165, 1.54) is 76.2 Å². The number of hydrogen-bond acceptors (Lipinski definition) is 2. The Hall–Kier alpha value is -1.18. The van der Waals surface area contributed by atoms with E-state index in [1.54, 1.807) is 0 Å². The summed E-state index contributed by atoms with van der Waals surface area (Å²) in [5.74, 6) is 0.834. The lowest BCUT2D eigenvalue weighted by Gasteiger charge is -2.20. The molecule has 0 saturated carbocycles. The standard InChI is InChI=1S/C24H43NO/c1-5-6-7-8-9-10-11-12-13-14-15-16-19-26-23-18-17-21(20-22(23)25)24(2,3)4/h17-18,20H,5-16,19,25H2,1-4H3. The Balaban J connectivity index is 2.01. The molecule has 0 aliphatic rings. The van der Waals surface area contributed by atoms with Crippen molar-refractivity contribution >= 4 is 5.69 Å². The summed E-state index contributed by atoms with van der Waals surface area (Å²) in [6.45, 7) is 9.66. The highest BCUT2D eigenvalue weighted by Gasteiger charge is 2.14. The Bertz CT molecular complexity index is 476. The first-order chi connectivity index (χ1) is 12.4. The first kappa shape index (κ1) is 22.9. The monoisotopic (exact) mass is 361 g/mol. The molecule has 2 heteroatoms. The molecule has 0 aliphatic heterocycles. The van der Waals surface area contributed by atoms with Crippen LogP contribution < -0.4 is 10.5 Å². The fourth-order valence-corrected chi connectivity index (χ4v) is 3.27. The molecule has 1 aromatic rings. The SMILES string of the molecule is CCCCCCCCCCCCCCOc1ccc(C(C)(C)C)cc1N. The van der Waals surface area contributed by atoms with Gasteiger partial charge in [0.05, 0.1) is 12.3 Å². The number of nitrogens with two attached hydrogens (primary N) is 1. The van der Waals surface area contributed by atoms with E-state index in [0.29, 0.717) is 0 Å². The largest absolute Gasteiger partial charge is 0.491 e. The van der Waals surface area contributed by atoms with Crippen molar-refractivity contribution < 1.29 is 4.74 Å². The Labute approximate surface area is 162 Å². The molecule has 2 N–H and O–H groups in total. The van der Waals surface area contributed by atoms with E-state index >= 15 is 0 Å². The molecular formula is C24H43NO. The van der Waals surface area contributed by atoms with Gasteiger partial charge in [-0.15, -0.1) is 0 Å². The van der Waals surface area contributed by atoms with Crippen molar-refractivity contribution in [3.8, 4) is 5.75 Å². The van der Waals surface area contributed by atoms with E-state index in [9.17, 15) is 0 Å². The van der Waals surface area contributed by atoms with E-state index in [1.807, 2.05) is 6.07 Å². The van der Waals surface area contributed by atoms with Crippen LogP contribution in [0, 0.1) is 0 Å². The van der Waals surface area contributed by atoms with Gasteiger partial charge in [-0.05, 0) is 29.5 Å². The van der Waals surface area contributed by atoms with Crippen molar-refractivity contribution in [2.75, 3.05) is 12.3 Å². The third-order valence-corrected chi connectivity index (χ3v) is 5.13. The summed E-state index contributed by atoms with van der Waals surface area (Å²) in [5, 5.41) is 0. The van der Waals surface area contributed by atoms with Crippen LogP contribution in [0.5, 0.6) is 5.75 Å². The van der Waals surface area contributed by atoms with Gasteiger partial charge in [0.25, 0.3) is 0 Å². The van der Waals surface area contributed by atoms with Crippen molar-refractivity contribution in [2.24, 2.45) is 0 Å². The van der Waals surface area contributed by atoms with Crippen LogP contribution >= 0.6 is 0 Å². The van der Waals surface area contributed by atoms with Gasteiger partial charge in [-0.3, -0.25) is 0 Å². The molecule has 0 amide bonds. The Kier molecular flexibility index (Phi) is 11.5. The molecule has 0 unspecified atom stereocenters. The number of benzene rings is 1. The van der Waals surface area contributed by atoms with Gasteiger partial charge in [-0.25, -0.2) is 0 Å². The van der Waals surface area contributed by atoms with E-state index < -0.39 is 0 Å². The fourth-order valence-electron chi connectivity index (χ4n) is 3.27. The van der Waals surface area contributed by atoms with Gasteiger partial charge in [0.2, 0.25) is 0 Å². The Morgan fingerprint density at radius 3 is 1.73 bits per heavy atom. The van der Waals surface area contributed by atoms with E-state index in [4.69, 9.17) is 10.5 Å². The predicted octanol–water partition coefficient (Wildman–Crippen LogP) is 7.65. The molecule has 0 spiro atoms. The lowest BCUT2D eigenvalue weighted by atomic mass is 9.87. The molecule has 0 aliphatic carbocycles. The minimum absolute atomic E-state index is 0.127. The second-order valence-electron chi connectivity index (χ2n) is 8.74. The average Bonchev–Trinajstić information content (AvgIpc) is 2.59. The number of anilines is 1. The highest BCUT2D eigenvalue weighted by molar-refractivity contribution is 5.55. The van der Waals surface area contributed by atoms with Crippen molar-refractivity contribution in [3.63, 3.8) is 0 Å². The summed E-state index contributed by atoms with van der Waals surface area (Å²) < 4.78 is 5.87. The second-order valence-corrected chi connectivity index (χ2v) is 8.74. The topological polar surface area (TPSA) is 35.2 Å². The molecule has 0 saturated heterocycles. The zero-order chi connectivity index (χ0) is 19.3. The van der Waals surface area contributed by atoms with Gasteiger partial charge >= 0.3 is 0 Å². The summed E-state index contributed by atoms with van der Waals surface area (Å²) in [5.41, 5.74) is 8.29. The van der Waals surface area contributed by atoms with Crippen LogP contribution in [0.25, 0.3) is 0 Å². The van der Waals surface area contributed by atoms with Crippen molar-refractivity contribution in [1.82, 2.24) is 0 Å². The van der Waals surface area contributed by atoms with Crippen LogP contribution in [0.2, 0.25) is 0 Å². The summed E-state index contributed by atoms with van der Waals surface area (Å²) in [7, 11) is 0. The maximum absolute atomic E-state index is 6.14. The maximum atomic E-state index is 6.14. The molecule has 0 heterocycles. The summed E-state index contributed by atoms with van der Waals surface area (Å²) in [6.07, 6.45) is 16.4. The zero-order valence-electron chi connectivity index (χ0n) is 17.9. The molecule has 1 rings (SSSR count). The quantitative estimate of drug-likeness (QED) is 0.273. The normalized spacial score (nSPS) is 11.7. The third kappa shape index (κ3) is 10.1. The smallest absolute Gasteiger partial charge is 0.142 e. The summed E-state index contributed by atoms with van der Waals surface area (Å²) >= 11 is 0. The number of unbranched alkanes of at least 4 members (excludes halogenated alkanes) is 11. The maximum Gasteiger partial charge on any atom is 0.142 e. The number of hydrogen-bond donors (Lipinski definition) is 1. The van der Waals surface area contributed by atoms with Gasteiger partial charge in [0, 0.05) is 0 Å². The van der Waals surface area contributed by atoms with Crippen molar-refractivity contribution in [3.05, 3.63) is 23.8 Å². The average molecular weight is 362 g/mol. The van der Waals surface area contributed by atoms with Crippen molar-refractivity contribution in [1.29, 1.82) is 0 Å². The highest BCUT2D eigenvalue weighted by atomic mass is 16.5. The lowest BCUT2D eigenvalue weighted by Crippen LogP contribution is -2.11. The van der Waals surface area contributed by atoms with Gasteiger partial charge in [0.15, 0.2) is 0 Å². The fraction of sp³-hybridized carbons (Fsp3) is 0.750. The van der Waals surface area contributed by atoms with E-state index in [0.717, 1.165) is 24.5 Å². The van der Waals surface area contributed by atoms with Crippen LogP contribution in [0.15, 0.2) is 18.2 Å². The number of rotatable bonds is 14. The Morgan fingerprint density at radius 1 is 0.769 bits per heavy atom. The van der Waals surface area contributed by atoms with E-state index in [2.05, 4.69) is 39.8 Å². The molecule has 0 fully saturated rings. The minimum Gasteiger partial charge on any atom is -0.491 e. The van der Waals surface area contributed by atoms with Gasteiger partial charge in [0.1, 0.15) is 5.75 Å². The Morgan fingerprint density at radius 2 is 1.27 bits per heavy atom. The molecule has 26 heavy (non-hydrogen) atoms. The summed E-state index contributed by atoms with van der Waals surface area (Å²) in [4.78, 5) is 0. The van der Waals surface area contributed by atoms with Crippen LogP contribution in [0.1, 0.15) is 110 Å². The van der Waals surface area contributed by atoms with Crippen LogP contribution in [0.4, 0.5) is 5.69 Å². The minimum atomic E-state index is 0.127. The predicted molar refractivity (Wildman–Crippen MR) is 116 cm³/mol. The second kappa shape index (κ2) is 13.1. The lowest BCUT2D eigenvalue weighted by molar-refractivity contribution is 0.305. The van der Waals surface area contributed by atoms with Crippen LogP contribution in [-0.2, 0) is 5.41 Å². The first-order valence-electron chi connectivity index (χ1n) is 11.0. The van der Waals surface area contributed by atoms with Gasteiger partial charge in [-0.2, -0.15) is 0 Å². The summed E-state index contributed by atoms with van der Waals surface area (Å²) in [6, 6.07) is 6.21. The van der Waals surface area contributed by atoms with Crippen LogP contribution in [0.3, 0.4) is 0 Å². The molecule has 2 nitrogen and oxygen atoms in total. The van der Waals surface area contributed by atoms with E-state index in [-0.39, 0.29) is 5.41 Å². The van der Waals surface area contributed by atoms with Crippen molar-refractivity contribution in [2.45, 2.75) is 110 Å². The third-order valence-electron chi connectivity index (χ3n) is 5.13. The van der Waals surface area contributed by atoms with Gasteiger partial charge in [-0.1, -0.05) is 104 Å². The van der Waals surface area contributed by atoms with Gasteiger partial charge < -0.3 is 10.5 Å². The molecule has 0 atom stereocenters. The number of ether oxygens (including phenoxy) is 1. The molecule has 0 bridgehead atoms. The molecule has 150 valence electrons.